The van der Waals surface area contributed by atoms with E-state index in [2.05, 4.69) is 4.98 Å². The number of esters is 1. The van der Waals surface area contributed by atoms with Crippen LogP contribution in [0.1, 0.15) is 28.5 Å². The minimum atomic E-state index is -0.400. The van der Waals surface area contributed by atoms with E-state index in [1.807, 2.05) is 42.5 Å². The number of carbonyl (C=O) groups excluding carboxylic acids is 1. The highest BCUT2D eigenvalue weighted by Crippen LogP contribution is 2.27. The van der Waals surface area contributed by atoms with Crippen LogP contribution >= 0.6 is 11.6 Å². The predicted octanol–water partition coefficient (Wildman–Crippen LogP) is 4.04. The topological polar surface area (TPSA) is 77.3 Å². The van der Waals surface area contributed by atoms with Gasteiger partial charge in [-0.2, -0.15) is 0 Å². The van der Waals surface area contributed by atoms with Gasteiger partial charge in [-0.25, -0.2) is 4.79 Å². The molecule has 0 bridgehead atoms. The number of benzene rings is 2. The van der Waals surface area contributed by atoms with Crippen LogP contribution in [0.2, 0.25) is 5.02 Å². The van der Waals surface area contributed by atoms with Crippen molar-refractivity contribution in [3.05, 3.63) is 64.3 Å². The summed E-state index contributed by atoms with van der Waals surface area (Å²) in [5.74, 6) is 0.300. The van der Waals surface area contributed by atoms with Crippen molar-refractivity contribution in [2.45, 2.75) is 20.1 Å². The Morgan fingerprint density at radius 2 is 1.96 bits per heavy atom. The zero-order chi connectivity index (χ0) is 17.8. The van der Waals surface area contributed by atoms with Crippen molar-refractivity contribution in [3.8, 4) is 5.75 Å². The molecule has 3 N–H and O–H groups in total. The number of hydrogen-bond donors (Lipinski definition) is 2. The first-order chi connectivity index (χ1) is 12.1. The zero-order valence-corrected chi connectivity index (χ0v) is 14.6. The van der Waals surface area contributed by atoms with Gasteiger partial charge in [0.25, 0.3) is 0 Å². The first-order valence-corrected chi connectivity index (χ1v) is 8.39. The van der Waals surface area contributed by atoms with Gasteiger partial charge < -0.3 is 20.2 Å². The molecule has 0 unspecified atom stereocenters. The van der Waals surface area contributed by atoms with Gasteiger partial charge in [-0.1, -0.05) is 23.7 Å². The number of aromatic nitrogens is 1. The van der Waals surface area contributed by atoms with E-state index in [0.717, 1.165) is 22.0 Å². The minimum absolute atomic E-state index is 0.231. The zero-order valence-electron chi connectivity index (χ0n) is 13.8. The highest BCUT2D eigenvalue weighted by atomic mass is 35.5. The molecule has 0 aliphatic carbocycles. The van der Waals surface area contributed by atoms with Gasteiger partial charge in [0, 0.05) is 28.0 Å². The lowest BCUT2D eigenvalue weighted by molar-refractivity contribution is 0.0519. The van der Waals surface area contributed by atoms with Crippen LogP contribution in [-0.4, -0.2) is 17.6 Å². The number of hydrogen-bond acceptors (Lipinski definition) is 4. The molecule has 5 nitrogen and oxygen atoms in total. The van der Waals surface area contributed by atoms with Gasteiger partial charge in [-0.3, -0.25) is 0 Å². The Morgan fingerprint density at radius 1 is 1.20 bits per heavy atom. The molecule has 1 heterocycles. The number of H-pyrrole nitrogens is 1. The molecule has 0 saturated heterocycles. The number of carbonyl (C=O) groups is 1. The SMILES string of the molecule is CCOC(=O)c1[nH]c2ccc(OCc3ccc(Cl)cc3)cc2c1CN. The van der Waals surface area contributed by atoms with Crippen molar-refractivity contribution in [2.75, 3.05) is 6.61 Å². The number of nitrogens with two attached hydrogens (primary N) is 1. The van der Waals surface area contributed by atoms with E-state index in [-0.39, 0.29) is 6.54 Å². The Morgan fingerprint density at radius 3 is 2.64 bits per heavy atom. The van der Waals surface area contributed by atoms with Crippen LogP contribution in [0.15, 0.2) is 42.5 Å². The lowest BCUT2D eigenvalue weighted by atomic mass is 10.1. The molecule has 0 spiro atoms. The Bertz CT molecular complexity index is 888. The highest BCUT2D eigenvalue weighted by Gasteiger charge is 2.18. The Labute approximate surface area is 150 Å². The third-order valence-corrected chi connectivity index (χ3v) is 4.13. The van der Waals surface area contributed by atoms with Gasteiger partial charge >= 0.3 is 5.97 Å². The van der Waals surface area contributed by atoms with Gasteiger partial charge in [-0.05, 0) is 42.8 Å². The molecule has 0 atom stereocenters. The van der Waals surface area contributed by atoms with Crippen LogP contribution in [0, 0.1) is 0 Å². The molecule has 0 aliphatic rings. The van der Waals surface area contributed by atoms with Gasteiger partial charge in [0.1, 0.15) is 18.1 Å². The molecule has 6 heteroatoms. The van der Waals surface area contributed by atoms with Gasteiger partial charge in [0.05, 0.1) is 6.61 Å². The van der Waals surface area contributed by atoms with E-state index in [4.69, 9.17) is 26.8 Å². The normalized spacial score (nSPS) is 10.8. The molecule has 3 rings (SSSR count). The van der Waals surface area contributed by atoms with Crippen molar-refractivity contribution < 1.29 is 14.3 Å². The molecule has 0 saturated carbocycles. The molecule has 0 aliphatic heterocycles. The standard InChI is InChI=1S/C19H19ClN2O3/c1-2-24-19(23)18-16(10-21)15-9-14(7-8-17(15)22-18)25-11-12-3-5-13(20)6-4-12/h3-9,22H,2,10-11,21H2,1H3. The molecule has 0 amide bonds. The van der Waals surface area contributed by atoms with Crippen molar-refractivity contribution in [3.63, 3.8) is 0 Å². The summed E-state index contributed by atoms with van der Waals surface area (Å²) in [5.41, 5.74) is 8.81. The van der Waals surface area contributed by atoms with Crippen LogP contribution in [0.3, 0.4) is 0 Å². The quantitative estimate of drug-likeness (QED) is 0.652. The third kappa shape index (κ3) is 3.78. The summed E-state index contributed by atoms with van der Waals surface area (Å²) in [4.78, 5) is 15.1. The largest absolute Gasteiger partial charge is 0.489 e. The van der Waals surface area contributed by atoms with Gasteiger partial charge in [0.2, 0.25) is 0 Å². The second-order valence-corrected chi connectivity index (χ2v) is 5.96. The smallest absolute Gasteiger partial charge is 0.355 e. The lowest BCUT2D eigenvalue weighted by Gasteiger charge is -2.07. The van der Waals surface area contributed by atoms with Crippen LogP contribution in [0.25, 0.3) is 10.9 Å². The Hall–Kier alpha value is -2.50. The fourth-order valence-corrected chi connectivity index (χ4v) is 2.78. The lowest BCUT2D eigenvalue weighted by Crippen LogP contribution is -2.10. The van der Waals surface area contributed by atoms with Crippen LogP contribution in [0.5, 0.6) is 5.75 Å². The van der Waals surface area contributed by atoms with Crippen LogP contribution < -0.4 is 10.5 Å². The summed E-state index contributed by atoms with van der Waals surface area (Å²) in [5, 5.41) is 1.55. The Kier molecular flexibility index (Phi) is 5.26. The molecule has 0 radical (unpaired) electrons. The monoisotopic (exact) mass is 358 g/mol. The van der Waals surface area contributed by atoms with E-state index < -0.39 is 5.97 Å². The maximum Gasteiger partial charge on any atom is 0.355 e. The van der Waals surface area contributed by atoms with Gasteiger partial charge in [0.15, 0.2) is 0 Å². The maximum atomic E-state index is 12.1. The second kappa shape index (κ2) is 7.59. The summed E-state index contributed by atoms with van der Waals surface area (Å²) >= 11 is 5.88. The average Bonchev–Trinajstić information content (AvgIpc) is 2.99. The molecule has 2 aromatic carbocycles. The molecular weight excluding hydrogens is 340 g/mol. The molecule has 0 fully saturated rings. The summed E-state index contributed by atoms with van der Waals surface area (Å²) in [6, 6.07) is 13.1. The Balaban J connectivity index is 1.85. The van der Waals surface area contributed by atoms with E-state index >= 15 is 0 Å². The molecule has 1 aromatic heterocycles. The van der Waals surface area contributed by atoms with Crippen molar-refractivity contribution in [1.82, 2.24) is 4.98 Å². The maximum absolute atomic E-state index is 12.1. The number of aromatic amines is 1. The number of halogens is 1. The predicted molar refractivity (Wildman–Crippen MR) is 97.9 cm³/mol. The number of fused-ring (bicyclic) bond motifs is 1. The van der Waals surface area contributed by atoms with E-state index in [9.17, 15) is 4.79 Å². The van der Waals surface area contributed by atoms with E-state index in [1.165, 1.54) is 0 Å². The number of rotatable bonds is 6. The fourth-order valence-electron chi connectivity index (χ4n) is 2.65. The fraction of sp³-hybridized carbons (Fsp3) is 0.211. The van der Waals surface area contributed by atoms with Gasteiger partial charge in [-0.15, -0.1) is 0 Å². The summed E-state index contributed by atoms with van der Waals surface area (Å²) < 4.78 is 10.9. The summed E-state index contributed by atoms with van der Waals surface area (Å²) in [7, 11) is 0. The number of nitrogens with one attached hydrogen (secondary N) is 1. The van der Waals surface area contributed by atoms with Crippen LogP contribution in [0.4, 0.5) is 0 Å². The first kappa shape index (κ1) is 17.3. The van der Waals surface area contributed by atoms with E-state index in [0.29, 0.717) is 29.7 Å². The average molecular weight is 359 g/mol. The summed E-state index contributed by atoms with van der Waals surface area (Å²) in [6.07, 6.45) is 0. The molecule has 25 heavy (non-hydrogen) atoms. The van der Waals surface area contributed by atoms with Crippen LogP contribution in [-0.2, 0) is 17.9 Å². The number of ether oxygens (including phenoxy) is 2. The minimum Gasteiger partial charge on any atom is -0.489 e. The first-order valence-electron chi connectivity index (χ1n) is 8.01. The molecule has 130 valence electrons. The highest BCUT2D eigenvalue weighted by molar-refractivity contribution is 6.30. The summed E-state index contributed by atoms with van der Waals surface area (Å²) in [6.45, 7) is 2.74. The van der Waals surface area contributed by atoms with Crippen molar-refractivity contribution >= 4 is 28.5 Å². The third-order valence-electron chi connectivity index (χ3n) is 3.88. The molecule has 3 aromatic rings. The second-order valence-electron chi connectivity index (χ2n) is 5.53. The van der Waals surface area contributed by atoms with E-state index in [1.54, 1.807) is 6.92 Å². The molecular formula is C19H19ClN2O3. The van der Waals surface area contributed by atoms with Crippen molar-refractivity contribution in [2.24, 2.45) is 5.73 Å². The van der Waals surface area contributed by atoms with Crippen molar-refractivity contribution in [1.29, 1.82) is 0 Å².